The minimum absolute atomic E-state index is 0.0159. The molecular formula is C27H27N3O6. The van der Waals surface area contributed by atoms with Crippen molar-refractivity contribution in [1.29, 1.82) is 0 Å². The van der Waals surface area contributed by atoms with Gasteiger partial charge in [-0.1, -0.05) is 24.3 Å². The maximum absolute atomic E-state index is 12.6. The predicted molar refractivity (Wildman–Crippen MR) is 138 cm³/mol. The van der Waals surface area contributed by atoms with Crippen LogP contribution in [0.15, 0.2) is 64.1 Å². The lowest BCUT2D eigenvalue weighted by atomic mass is 10.1. The van der Waals surface area contributed by atoms with E-state index in [1.165, 1.54) is 7.11 Å². The lowest BCUT2D eigenvalue weighted by Gasteiger charge is -2.10. The molecule has 3 aromatic carbocycles. The molecule has 0 saturated carbocycles. The molecule has 9 nitrogen and oxygen atoms in total. The van der Waals surface area contributed by atoms with Gasteiger partial charge in [0.2, 0.25) is 11.8 Å². The van der Waals surface area contributed by atoms with Crippen LogP contribution >= 0.6 is 0 Å². The minimum atomic E-state index is -0.320. The van der Waals surface area contributed by atoms with Crippen LogP contribution in [0.3, 0.4) is 0 Å². The van der Waals surface area contributed by atoms with Crippen LogP contribution in [-0.2, 0) is 16.0 Å². The zero-order valence-corrected chi connectivity index (χ0v) is 20.5. The molecule has 0 fully saturated rings. The van der Waals surface area contributed by atoms with Gasteiger partial charge in [0.1, 0.15) is 16.9 Å². The maximum atomic E-state index is 12.6. The van der Waals surface area contributed by atoms with Gasteiger partial charge in [0.15, 0.2) is 11.5 Å². The largest absolute Gasteiger partial charge is 0.495 e. The number of hydrogen-bond donors (Lipinski definition) is 2. The number of hydrogen-bond acceptors (Lipinski definition) is 7. The zero-order valence-electron chi connectivity index (χ0n) is 20.5. The van der Waals surface area contributed by atoms with Crippen molar-refractivity contribution in [2.45, 2.75) is 19.8 Å². The molecule has 0 unspecified atom stereocenters. The lowest BCUT2D eigenvalue weighted by molar-refractivity contribution is -0.120. The minimum Gasteiger partial charge on any atom is -0.495 e. The van der Waals surface area contributed by atoms with E-state index in [-0.39, 0.29) is 24.7 Å². The van der Waals surface area contributed by atoms with E-state index in [9.17, 15) is 9.59 Å². The quantitative estimate of drug-likeness (QED) is 0.261. The number of carbonyl (C=O) groups is 2. The summed E-state index contributed by atoms with van der Waals surface area (Å²) in [5, 5.41) is 8.75. The Kier molecular flexibility index (Phi) is 7.39. The number of rotatable bonds is 9. The number of benzene rings is 3. The number of ether oxygens (including phenoxy) is 3. The summed E-state index contributed by atoms with van der Waals surface area (Å²) in [6.45, 7) is 1.66. The molecule has 9 heteroatoms. The second-order valence-corrected chi connectivity index (χ2v) is 8.12. The molecule has 2 amide bonds. The molecule has 1 aromatic heterocycles. The fourth-order valence-corrected chi connectivity index (χ4v) is 3.86. The number of nitrogens with one attached hydrogen (secondary N) is 2. The topological polar surface area (TPSA) is 111 Å². The predicted octanol–water partition coefficient (Wildman–Crippen LogP) is 4.68. The van der Waals surface area contributed by atoms with Gasteiger partial charge in [-0.15, -0.1) is 0 Å². The second kappa shape index (κ2) is 10.8. The smallest absolute Gasteiger partial charge is 0.244 e. The van der Waals surface area contributed by atoms with E-state index < -0.39 is 0 Å². The standard InChI is InChI=1S/C27H27N3O6/c1-16(29-30-27(32)13-17-9-10-22(33-2)25(12-17)35-4)11-26(31)28-20-15-23-19(14-24(20)34-3)18-7-5-6-8-21(18)36-23/h5-10,12,14-15H,11,13H2,1-4H3,(H,28,31)(H,30,32). The Labute approximate surface area is 208 Å². The van der Waals surface area contributed by atoms with Gasteiger partial charge in [-0.2, -0.15) is 5.10 Å². The summed E-state index contributed by atoms with van der Waals surface area (Å²) in [6, 6.07) is 16.5. The fourth-order valence-electron chi connectivity index (χ4n) is 3.86. The normalized spacial score (nSPS) is 11.4. The third-order valence-electron chi connectivity index (χ3n) is 5.57. The van der Waals surface area contributed by atoms with Crippen LogP contribution < -0.4 is 25.0 Å². The number of hydrazone groups is 1. The Morgan fingerprint density at radius 3 is 2.33 bits per heavy atom. The van der Waals surface area contributed by atoms with E-state index in [1.54, 1.807) is 45.4 Å². The summed E-state index contributed by atoms with van der Waals surface area (Å²) in [5.74, 6) is 1.01. The molecule has 186 valence electrons. The molecule has 0 aliphatic carbocycles. The monoisotopic (exact) mass is 489 g/mol. The fraction of sp³-hybridized carbons (Fsp3) is 0.222. The Bertz CT molecular complexity index is 1460. The van der Waals surface area contributed by atoms with Crippen molar-refractivity contribution in [1.82, 2.24) is 5.43 Å². The van der Waals surface area contributed by atoms with Crippen molar-refractivity contribution in [3.8, 4) is 17.2 Å². The highest BCUT2D eigenvalue weighted by Gasteiger charge is 2.15. The highest BCUT2D eigenvalue weighted by Crippen LogP contribution is 2.36. The molecule has 2 N–H and O–H groups in total. The highest BCUT2D eigenvalue weighted by atomic mass is 16.5. The first kappa shape index (κ1) is 24.6. The molecule has 0 radical (unpaired) electrons. The van der Waals surface area contributed by atoms with Crippen LogP contribution in [-0.4, -0.2) is 38.9 Å². The summed E-state index contributed by atoms with van der Waals surface area (Å²) in [7, 11) is 4.62. The Morgan fingerprint density at radius 1 is 0.833 bits per heavy atom. The van der Waals surface area contributed by atoms with E-state index in [0.29, 0.717) is 34.2 Å². The maximum Gasteiger partial charge on any atom is 0.244 e. The first-order valence-corrected chi connectivity index (χ1v) is 11.2. The molecule has 0 saturated heterocycles. The van der Waals surface area contributed by atoms with Gasteiger partial charge in [0.25, 0.3) is 0 Å². The van der Waals surface area contributed by atoms with E-state index in [2.05, 4.69) is 15.8 Å². The van der Waals surface area contributed by atoms with Gasteiger partial charge in [-0.3, -0.25) is 9.59 Å². The van der Waals surface area contributed by atoms with Crippen LogP contribution in [0.25, 0.3) is 21.9 Å². The number of furan rings is 1. The number of methoxy groups -OCH3 is 3. The van der Waals surface area contributed by atoms with E-state index in [1.807, 2.05) is 30.3 Å². The molecule has 0 atom stereocenters. The van der Waals surface area contributed by atoms with Gasteiger partial charge in [-0.25, -0.2) is 5.43 Å². The van der Waals surface area contributed by atoms with Gasteiger partial charge in [0.05, 0.1) is 39.9 Å². The molecule has 0 spiro atoms. The van der Waals surface area contributed by atoms with Crippen molar-refractivity contribution < 1.29 is 28.2 Å². The van der Waals surface area contributed by atoms with Crippen molar-refractivity contribution in [3.63, 3.8) is 0 Å². The van der Waals surface area contributed by atoms with Gasteiger partial charge < -0.3 is 23.9 Å². The van der Waals surface area contributed by atoms with Crippen LogP contribution in [0.1, 0.15) is 18.9 Å². The Balaban J connectivity index is 1.38. The number of amides is 2. The molecule has 0 aliphatic heterocycles. The molecule has 4 aromatic rings. The first-order valence-electron chi connectivity index (χ1n) is 11.2. The number of anilines is 1. The summed E-state index contributed by atoms with van der Waals surface area (Å²) in [6.07, 6.45) is 0.0794. The summed E-state index contributed by atoms with van der Waals surface area (Å²) in [4.78, 5) is 25.0. The molecular weight excluding hydrogens is 462 g/mol. The van der Waals surface area contributed by atoms with Crippen molar-refractivity contribution in [2.24, 2.45) is 5.10 Å². The Morgan fingerprint density at radius 2 is 1.58 bits per heavy atom. The number of para-hydroxylation sites is 1. The van der Waals surface area contributed by atoms with Crippen molar-refractivity contribution >= 4 is 45.2 Å². The van der Waals surface area contributed by atoms with Crippen LogP contribution in [0.5, 0.6) is 17.2 Å². The number of carbonyl (C=O) groups excluding carboxylic acids is 2. The van der Waals surface area contributed by atoms with Gasteiger partial charge in [-0.05, 0) is 36.8 Å². The van der Waals surface area contributed by atoms with E-state index >= 15 is 0 Å². The third-order valence-corrected chi connectivity index (χ3v) is 5.57. The zero-order chi connectivity index (χ0) is 25.7. The average Bonchev–Trinajstić information content (AvgIpc) is 3.24. The third kappa shape index (κ3) is 5.41. The second-order valence-electron chi connectivity index (χ2n) is 8.12. The molecule has 1 heterocycles. The van der Waals surface area contributed by atoms with Crippen molar-refractivity contribution in [3.05, 3.63) is 60.2 Å². The SMILES string of the molecule is COc1cc2c(cc1NC(=O)CC(C)=NNC(=O)Cc1ccc(OC)c(OC)c1)oc1ccccc12. The van der Waals surface area contributed by atoms with Gasteiger partial charge in [0, 0.05) is 22.6 Å². The van der Waals surface area contributed by atoms with E-state index in [4.69, 9.17) is 18.6 Å². The van der Waals surface area contributed by atoms with Crippen LogP contribution in [0.4, 0.5) is 5.69 Å². The highest BCUT2D eigenvalue weighted by molar-refractivity contribution is 6.10. The lowest BCUT2D eigenvalue weighted by Crippen LogP contribution is -2.23. The molecule has 4 rings (SSSR count). The molecule has 0 bridgehead atoms. The molecule has 0 aliphatic rings. The van der Waals surface area contributed by atoms with E-state index in [0.717, 1.165) is 21.9 Å². The van der Waals surface area contributed by atoms with Crippen LogP contribution in [0, 0.1) is 0 Å². The number of fused-ring (bicyclic) bond motifs is 3. The Hall–Kier alpha value is -4.53. The average molecular weight is 490 g/mol. The summed E-state index contributed by atoms with van der Waals surface area (Å²) in [5.41, 5.74) is 5.55. The molecule has 36 heavy (non-hydrogen) atoms. The summed E-state index contributed by atoms with van der Waals surface area (Å²) < 4.78 is 21.9. The number of nitrogens with zero attached hydrogens (tertiary/aromatic N) is 1. The van der Waals surface area contributed by atoms with Crippen molar-refractivity contribution in [2.75, 3.05) is 26.6 Å². The van der Waals surface area contributed by atoms with Crippen LogP contribution in [0.2, 0.25) is 0 Å². The summed E-state index contributed by atoms with van der Waals surface area (Å²) >= 11 is 0. The first-order chi connectivity index (χ1) is 17.4. The van der Waals surface area contributed by atoms with Gasteiger partial charge >= 0.3 is 0 Å².